The Labute approximate surface area is 112 Å². The minimum Gasteiger partial charge on any atom is -0.481 e. The number of benzene rings is 1. The van der Waals surface area contributed by atoms with Gasteiger partial charge in [-0.25, -0.2) is 0 Å². The van der Waals surface area contributed by atoms with Crippen molar-refractivity contribution in [3.63, 3.8) is 0 Å². The predicted octanol–water partition coefficient (Wildman–Crippen LogP) is 2.67. The normalized spacial score (nSPS) is 10.6. The largest absolute Gasteiger partial charge is 0.481 e. The number of carboxylic acids is 1. The second-order valence-electron chi connectivity index (χ2n) is 4.61. The summed E-state index contributed by atoms with van der Waals surface area (Å²) in [7, 11) is 1.86. The summed E-state index contributed by atoms with van der Waals surface area (Å²) < 4.78 is 1.74. The molecule has 2 rings (SSSR count). The van der Waals surface area contributed by atoms with E-state index in [0.29, 0.717) is 6.42 Å². The molecule has 19 heavy (non-hydrogen) atoms. The molecule has 0 aliphatic heterocycles. The molecular weight excluding hydrogens is 240 g/mol. The van der Waals surface area contributed by atoms with Gasteiger partial charge in [0.05, 0.1) is 12.1 Å². The van der Waals surface area contributed by atoms with Gasteiger partial charge in [-0.3, -0.25) is 9.48 Å². The average molecular weight is 258 g/mol. The van der Waals surface area contributed by atoms with Crippen LogP contribution in [0.3, 0.4) is 0 Å². The molecule has 0 radical (unpaired) electrons. The van der Waals surface area contributed by atoms with Gasteiger partial charge in [-0.2, -0.15) is 5.10 Å². The molecule has 4 nitrogen and oxygen atoms in total. The number of carboxylic acid groups (broad SMARTS) is 1. The molecule has 0 spiro atoms. The van der Waals surface area contributed by atoms with Crippen molar-refractivity contribution < 1.29 is 9.90 Å². The molecule has 2 aromatic rings. The maximum absolute atomic E-state index is 10.7. The Hall–Kier alpha value is -2.10. The average Bonchev–Trinajstić information content (AvgIpc) is 2.78. The highest BCUT2D eigenvalue weighted by Crippen LogP contribution is 2.24. The lowest BCUT2D eigenvalue weighted by molar-refractivity contribution is -0.136. The molecule has 0 aliphatic rings. The Morgan fingerprint density at radius 2 is 2.00 bits per heavy atom. The fourth-order valence-corrected chi connectivity index (χ4v) is 2.11. The van der Waals surface area contributed by atoms with E-state index < -0.39 is 5.97 Å². The predicted molar refractivity (Wildman–Crippen MR) is 74.0 cm³/mol. The van der Waals surface area contributed by atoms with E-state index in [2.05, 4.69) is 36.3 Å². The molecule has 0 unspecified atom stereocenters. The van der Waals surface area contributed by atoms with Gasteiger partial charge in [0.25, 0.3) is 0 Å². The van der Waals surface area contributed by atoms with Crippen molar-refractivity contribution in [3.8, 4) is 11.1 Å². The van der Waals surface area contributed by atoms with E-state index in [1.54, 1.807) is 4.68 Å². The fourth-order valence-electron chi connectivity index (χ4n) is 2.11. The number of aryl methyl sites for hydroxylation is 3. The monoisotopic (exact) mass is 258 g/mol. The first-order valence-corrected chi connectivity index (χ1v) is 6.43. The van der Waals surface area contributed by atoms with Gasteiger partial charge in [0.15, 0.2) is 0 Å². The summed E-state index contributed by atoms with van der Waals surface area (Å²) >= 11 is 0. The molecule has 100 valence electrons. The first kappa shape index (κ1) is 13.3. The van der Waals surface area contributed by atoms with Gasteiger partial charge in [-0.05, 0) is 17.5 Å². The van der Waals surface area contributed by atoms with E-state index in [1.165, 1.54) is 5.56 Å². The zero-order chi connectivity index (χ0) is 13.8. The molecule has 0 amide bonds. The zero-order valence-corrected chi connectivity index (χ0v) is 11.3. The van der Waals surface area contributed by atoms with Crippen molar-refractivity contribution in [3.05, 3.63) is 41.7 Å². The van der Waals surface area contributed by atoms with Crippen molar-refractivity contribution in [2.45, 2.75) is 26.2 Å². The third kappa shape index (κ3) is 3.22. The summed E-state index contributed by atoms with van der Waals surface area (Å²) in [6, 6.07) is 8.34. The maximum atomic E-state index is 10.7. The molecular formula is C15H18N2O2. The molecule has 1 N–H and O–H groups in total. The highest BCUT2D eigenvalue weighted by atomic mass is 16.4. The van der Waals surface area contributed by atoms with Crippen LogP contribution in [0.2, 0.25) is 0 Å². The highest BCUT2D eigenvalue weighted by Gasteiger charge is 2.11. The van der Waals surface area contributed by atoms with Crippen molar-refractivity contribution in [2.75, 3.05) is 0 Å². The molecule has 0 fully saturated rings. The van der Waals surface area contributed by atoms with E-state index in [9.17, 15) is 4.79 Å². The molecule has 1 aromatic carbocycles. The summed E-state index contributed by atoms with van der Waals surface area (Å²) in [6.07, 6.45) is 3.52. The first-order valence-electron chi connectivity index (χ1n) is 6.43. The van der Waals surface area contributed by atoms with Gasteiger partial charge in [0.2, 0.25) is 0 Å². The summed E-state index contributed by atoms with van der Waals surface area (Å²) in [5, 5.41) is 13.1. The highest BCUT2D eigenvalue weighted by molar-refractivity contribution is 5.69. The summed E-state index contributed by atoms with van der Waals surface area (Å²) in [5.41, 5.74) is 4.24. The van der Waals surface area contributed by atoms with Crippen LogP contribution in [0.1, 0.15) is 24.6 Å². The molecule has 0 atom stereocenters. The SMILES string of the molecule is CCc1ccc(-c2cn(C)nc2CCC(=O)O)cc1. The topological polar surface area (TPSA) is 55.1 Å². The number of rotatable bonds is 5. The number of nitrogens with zero attached hydrogens (tertiary/aromatic N) is 2. The van der Waals surface area contributed by atoms with Crippen LogP contribution < -0.4 is 0 Å². The lowest BCUT2D eigenvalue weighted by atomic mass is 10.0. The Morgan fingerprint density at radius 1 is 1.32 bits per heavy atom. The van der Waals surface area contributed by atoms with Gasteiger partial charge in [-0.15, -0.1) is 0 Å². The summed E-state index contributed by atoms with van der Waals surface area (Å²) in [6.45, 7) is 2.12. The molecule has 1 heterocycles. The Kier molecular flexibility index (Phi) is 4.00. The number of aromatic nitrogens is 2. The van der Waals surface area contributed by atoms with Gasteiger partial charge in [0.1, 0.15) is 0 Å². The smallest absolute Gasteiger partial charge is 0.303 e. The van der Waals surface area contributed by atoms with Crippen molar-refractivity contribution in [1.82, 2.24) is 9.78 Å². The van der Waals surface area contributed by atoms with Crippen molar-refractivity contribution in [1.29, 1.82) is 0 Å². The third-order valence-electron chi connectivity index (χ3n) is 3.15. The number of hydrogen-bond donors (Lipinski definition) is 1. The quantitative estimate of drug-likeness (QED) is 0.897. The Bertz CT molecular complexity index is 570. The molecule has 1 aromatic heterocycles. The zero-order valence-electron chi connectivity index (χ0n) is 11.3. The molecule has 0 bridgehead atoms. The van der Waals surface area contributed by atoms with Gasteiger partial charge in [0, 0.05) is 25.2 Å². The van der Waals surface area contributed by atoms with Crippen LogP contribution >= 0.6 is 0 Å². The van der Waals surface area contributed by atoms with Gasteiger partial charge in [-0.1, -0.05) is 31.2 Å². The summed E-state index contributed by atoms with van der Waals surface area (Å²) in [4.78, 5) is 10.7. The van der Waals surface area contributed by atoms with Gasteiger partial charge >= 0.3 is 5.97 Å². The minimum absolute atomic E-state index is 0.108. The van der Waals surface area contributed by atoms with Crippen LogP contribution in [0.4, 0.5) is 0 Å². The molecule has 0 aliphatic carbocycles. The van der Waals surface area contributed by atoms with Crippen LogP contribution in [0.5, 0.6) is 0 Å². The number of hydrogen-bond acceptors (Lipinski definition) is 2. The van der Waals surface area contributed by atoms with Crippen LogP contribution in [-0.2, 0) is 24.7 Å². The number of carbonyl (C=O) groups is 1. The van der Waals surface area contributed by atoms with E-state index in [0.717, 1.165) is 23.2 Å². The Balaban J connectivity index is 2.29. The minimum atomic E-state index is -0.794. The molecule has 0 saturated heterocycles. The standard InChI is InChI=1S/C15H18N2O2/c1-3-11-4-6-12(7-5-11)13-10-17(2)16-14(13)8-9-15(18)19/h4-7,10H,3,8-9H2,1-2H3,(H,18,19). The van der Waals surface area contributed by atoms with Crippen LogP contribution in [0, 0.1) is 0 Å². The van der Waals surface area contributed by atoms with E-state index in [4.69, 9.17) is 5.11 Å². The first-order chi connectivity index (χ1) is 9.10. The van der Waals surface area contributed by atoms with Crippen LogP contribution in [-0.4, -0.2) is 20.9 Å². The van der Waals surface area contributed by atoms with Gasteiger partial charge < -0.3 is 5.11 Å². The van der Waals surface area contributed by atoms with E-state index in [-0.39, 0.29) is 6.42 Å². The Morgan fingerprint density at radius 3 is 2.58 bits per heavy atom. The van der Waals surface area contributed by atoms with Crippen LogP contribution in [0.15, 0.2) is 30.5 Å². The second-order valence-corrected chi connectivity index (χ2v) is 4.61. The van der Waals surface area contributed by atoms with Crippen molar-refractivity contribution in [2.24, 2.45) is 7.05 Å². The maximum Gasteiger partial charge on any atom is 0.303 e. The molecule has 4 heteroatoms. The third-order valence-corrected chi connectivity index (χ3v) is 3.15. The van der Waals surface area contributed by atoms with Crippen molar-refractivity contribution >= 4 is 5.97 Å². The number of aliphatic carboxylic acids is 1. The van der Waals surface area contributed by atoms with Crippen LogP contribution in [0.25, 0.3) is 11.1 Å². The lowest BCUT2D eigenvalue weighted by Crippen LogP contribution is -1.99. The summed E-state index contributed by atoms with van der Waals surface area (Å²) in [5.74, 6) is -0.794. The lowest BCUT2D eigenvalue weighted by Gasteiger charge is -2.03. The second kappa shape index (κ2) is 5.69. The van der Waals surface area contributed by atoms with E-state index >= 15 is 0 Å². The molecule has 0 saturated carbocycles. The fraction of sp³-hybridized carbons (Fsp3) is 0.333. The van der Waals surface area contributed by atoms with E-state index in [1.807, 2.05) is 13.2 Å².